The van der Waals surface area contributed by atoms with Gasteiger partial charge in [-0.15, -0.1) is 10.2 Å². The molecule has 0 aliphatic carbocycles. The second-order valence-electron chi connectivity index (χ2n) is 10.5. The summed E-state index contributed by atoms with van der Waals surface area (Å²) in [5.41, 5.74) is 6.97. The Labute approximate surface area is 252 Å². The molecule has 1 aliphatic rings. The molecule has 15 heteroatoms. The number of benzene rings is 3. The molecule has 226 valence electrons. The topological polar surface area (TPSA) is 163 Å². The van der Waals surface area contributed by atoms with Gasteiger partial charge in [0, 0.05) is 17.9 Å². The zero-order chi connectivity index (χ0) is 31.3. The zero-order valence-electron chi connectivity index (χ0n) is 23.1. The number of hydrogen-bond donors (Lipinski definition) is 1. The van der Waals surface area contributed by atoms with Gasteiger partial charge in [0.2, 0.25) is 17.7 Å². The minimum Gasteiger partial charge on any atom is -0.457 e. The Balaban J connectivity index is 1.49. The van der Waals surface area contributed by atoms with Crippen molar-refractivity contribution in [2.24, 2.45) is 5.73 Å². The van der Waals surface area contributed by atoms with Crippen molar-refractivity contribution in [2.75, 3.05) is 16.9 Å². The predicted molar refractivity (Wildman–Crippen MR) is 157 cm³/mol. The van der Waals surface area contributed by atoms with Crippen molar-refractivity contribution < 1.29 is 35.2 Å². The Morgan fingerprint density at radius 3 is 2.42 bits per heavy atom. The fourth-order valence-corrected chi connectivity index (χ4v) is 6.40. The Morgan fingerprint density at radius 2 is 1.77 bits per heavy atom. The minimum absolute atomic E-state index is 0.0443. The molecule has 1 aromatic heterocycles. The standard InChI is InChI=1S/C28H26ClFN4O7S2/c1-28(2,42(3,36)37)27-33-32-25(41-27)17-6-11-24-23(12-17)34(26(35)22(31)15-43(24,38)39)14-16-4-7-18(8-5-16)40-19-9-10-21(30)20(29)13-19/h4-13,22H,14-15,31H2,1-3H3/t22-/m0/s1. The van der Waals surface area contributed by atoms with E-state index in [-0.39, 0.29) is 39.5 Å². The highest BCUT2D eigenvalue weighted by atomic mass is 35.5. The van der Waals surface area contributed by atoms with E-state index in [2.05, 4.69) is 10.2 Å². The number of hydrogen-bond acceptors (Lipinski definition) is 10. The van der Waals surface area contributed by atoms with Crippen LogP contribution in [0.15, 0.2) is 70.0 Å². The Kier molecular flexibility index (Phi) is 7.84. The molecule has 4 aromatic rings. The molecule has 1 atom stereocenters. The van der Waals surface area contributed by atoms with Gasteiger partial charge in [0.25, 0.3) is 0 Å². The van der Waals surface area contributed by atoms with Crippen molar-refractivity contribution in [1.82, 2.24) is 10.2 Å². The number of nitrogens with zero attached hydrogens (tertiary/aromatic N) is 3. The van der Waals surface area contributed by atoms with Gasteiger partial charge in [0.15, 0.2) is 19.7 Å². The summed E-state index contributed by atoms with van der Waals surface area (Å²) >= 11 is 5.82. The fourth-order valence-electron chi connectivity index (χ4n) is 4.27. The summed E-state index contributed by atoms with van der Waals surface area (Å²) in [4.78, 5) is 14.6. The van der Waals surface area contributed by atoms with Crippen molar-refractivity contribution in [3.63, 3.8) is 0 Å². The van der Waals surface area contributed by atoms with E-state index in [1.54, 1.807) is 24.3 Å². The second kappa shape index (κ2) is 11.0. The number of ether oxygens (including phenoxy) is 1. The van der Waals surface area contributed by atoms with Gasteiger partial charge >= 0.3 is 0 Å². The van der Waals surface area contributed by atoms with E-state index in [1.807, 2.05) is 0 Å². The largest absolute Gasteiger partial charge is 0.457 e. The van der Waals surface area contributed by atoms with Gasteiger partial charge in [0.05, 0.1) is 33.9 Å². The molecule has 0 saturated heterocycles. The third-order valence-electron chi connectivity index (χ3n) is 7.07. The molecule has 43 heavy (non-hydrogen) atoms. The maximum atomic E-state index is 13.5. The number of aromatic nitrogens is 2. The summed E-state index contributed by atoms with van der Waals surface area (Å²) in [7, 11) is -7.57. The van der Waals surface area contributed by atoms with E-state index in [9.17, 15) is 26.0 Å². The molecule has 0 fully saturated rings. The van der Waals surface area contributed by atoms with E-state index < -0.39 is 47.9 Å². The number of nitrogens with two attached hydrogens (primary N) is 1. The van der Waals surface area contributed by atoms with Gasteiger partial charge in [-0.3, -0.25) is 4.79 Å². The van der Waals surface area contributed by atoms with Crippen molar-refractivity contribution in [1.29, 1.82) is 0 Å². The van der Waals surface area contributed by atoms with Crippen LogP contribution in [0.3, 0.4) is 0 Å². The van der Waals surface area contributed by atoms with E-state index in [1.165, 1.54) is 55.1 Å². The van der Waals surface area contributed by atoms with Crippen LogP contribution in [0, 0.1) is 5.82 Å². The van der Waals surface area contributed by atoms with Crippen molar-refractivity contribution in [3.8, 4) is 23.0 Å². The number of fused-ring (bicyclic) bond motifs is 1. The molecule has 1 amide bonds. The van der Waals surface area contributed by atoms with Crippen LogP contribution in [-0.2, 0) is 35.8 Å². The lowest BCUT2D eigenvalue weighted by Gasteiger charge is -2.24. The molecular weight excluding hydrogens is 623 g/mol. The molecule has 3 aromatic carbocycles. The number of halogens is 2. The molecule has 0 radical (unpaired) electrons. The van der Waals surface area contributed by atoms with Crippen LogP contribution in [0.5, 0.6) is 11.5 Å². The first-order valence-corrected chi connectivity index (χ1v) is 16.7. The highest BCUT2D eigenvalue weighted by Crippen LogP contribution is 2.37. The number of amides is 1. The van der Waals surface area contributed by atoms with Crippen LogP contribution in [0.4, 0.5) is 10.1 Å². The van der Waals surface area contributed by atoms with Crippen LogP contribution in [0.1, 0.15) is 25.3 Å². The van der Waals surface area contributed by atoms with Gasteiger partial charge in [-0.1, -0.05) is 23.7 Å². The van der Waals surface area contributed by atoms with Gasteiger partial charge in [0.1, 0.15) is 22.1 Å². The SMILES string of the molecule is CC(C)(c1nnc(-c2ccc3c(c2)N(Cc2ccc(Oc4ccc(F)c(Cl)c4)cc2)C(=O)[C@@H](N)CS3(=O)=O)o1)S(C)(=O)=O. The van der Waals surface area contributed by atoms with Crippen molar-refractivity contribution in [2.45, 2.75) is 36.1 Å². The number of carbonyl (C=O) groups excluding carboxylic acids is 1. The molecule has 1 aliphatic heterocycles. The first kappa shape index (κ1) is 30.6. The summed E-state index contributed by atoms with van der Waals surface area (Å²) in [6.45, 7) is 2.81. The van der Waals surface area contributed by atoms with Crippen molar-refractivity contribution in [3.05, 3.63) is 83.0 Å². The maximum absolute atomic E-state index is 13.5. The summed E-state index contributed by atoms with van der Waals surface area (Å²) in [6, 6.07) is 13.4. The molecule has 5 rings (SSSR count). The summed E-state index contributed by atoms with van der Waals surface area (Å²) in [5.74, 6) is -1.25. The highest BCUT2D eigenvalue weighted by Gasteiger charge is 2.39. The third kappa shape index (κ3) is 6.00. The number of sulfone groups is 2. The predicted octanol–water partition coefficient (Wildman–Crippen LogP) is 4.25. The molecular formula is C28H26ClFN4O7S2. The Hall–Kier alpha value is -3.85. The molecule has 0 saturated carbocycles. The second-order valence-corrected chi connectivity index (χ2v) is 15.5. The average Bonchev–Trinajstić information content (AvgIpc) is 3.42. The summed E-state index contributed by atoms with van der Waals surface area (Å²) in [5, 5.41) is 7.78. The van der Waals surface area contributed by atoms with Gasteiger partial charge in [-0.25, -0.2) is 21.2 Å². The molecule has 0 bridgehead atoms. The van der Waals surface area contributed by atoms with Crippen LogP contribution < -0.4 is 15.4 Å². The number of anilines is 1. The van der Waals surface area contributed by atoms with E-state index in [4.69, 9.17) is 26.5 Å². The summed E-state index contributed by atoms with van der Waals surface area (Å²) in [6.07, 6.45) is 1.05. The molecule has 0 spiro atoms. The van der Waals surface area contributed by atoms with Crippen LogP contribution in [0.25, 0.3) is 11.5 Å². The van der Waals surface area contributed by atoms with Crippen LogP contribution in [-0.4, -0.2) is 51.0 Å². The fraction of sp³-hybridized carbons (Fsp3) is 0.250. The minimum atomic E-state index is -3.96. The number of rotatable bonds is 7. The lowest BCUT2D eigenvalue weighted by Crippen LogP contribution is -2.45. The van der Waals surface area contributed by atoms with Gasteiger partial charge < -0.3 is 19.8 Å². The molecule has 2 heterocycles. The Morgan fingerprint density at radius 1 is 1.09 bits per heavy atom. The van der Waals surface area contributed by atoms with E-state index in [0.717, 1.165) is 6.26 Å². The third-order valence-corrected chi connectivity index (χ3v) is 11.2. The first-order chi connectivity index (χ1) is 20.1. The monoisotopic (exact) mass is 648 g/mol. The Bertz CT molecular complexity index is 1950. The molecule has 11 nitrogen and oxygen atoms in total. The maximum Gasteiger partial charge on any atom is 0.247 e. The smallest absolute Gasteiger partial charge is 0.247 e. The van der Waals surface area contributed by atoms with Crippen molar-refractivity contribution >= 4 is 42.9 Å². The van der Waals surface area contributed by atoms with E-state index in [0.29, 0.717) is 17.1 Å². The zero-order valence-corrected chi connectivity index (χ0v) is 25.5. The first-order valence-electron chi connectivity index (χ1n) is 12.8. The quantitative estimate of drug-likeness (QED) is 0.306. The lowest BCUT2D eigenvalue weighted by molar-refractivity contribution is -0.119. The lowest BCUT2D eigenvalue weighted by atomic mass is 10.1. The van der Waals surface area contributed by atoms with Gasteiger partial charge in [-0.2, -0.15) is 0 Å². The highest BCUT2D eigenvalue weighted by molar-refractivity contribution is 7.92. The van der Waals surface area contributed by atoms with Crippen LogP contribution in [0.2, 0.25) is 5.02 Å². The van der Waals surface area contributed by atoms with Gasteiger partial charge in [-0.05, 0) is 61.9 Å². The average molecular weight is 649 g/mol. The van der Waals surface area contributed by atoms with Crippen LogP contribution >= 0.6 is 11.6 Å². The molecule has 0 unspecified atom stereocenters. The molecule has 2 N–H and O–H groups in total. The normalized spacial score (nSPS) is 16.9. The summed E-state index contributed by atoms with van der Waals surface area (Å²) < 4.78 is 74.3. The van der Waals surface area contributed by atoms with E-state index >= 15 is 0 Å². The number of carbonyl (C=O) groups is 1.